The van der Waals surface area contributed by atoms with E-state index < -0.39 is 11.5 Å². The Morgan fingerprint density at radius 1 is 1.38 bits per heavy atom. The third-order valence-corrected chi connectivity index (χ3v) is 4.94. The van der Waals surface area contributed by atoms with Crippen molar-refractivity contribution >= 4 is 5.69 Å². The summed E-state index contributed by atoms with van der Waals surface area (Å²) in [4.78, 5) is 2.03. The quantitative estimate of drug-likeness (QED) is 0.913. The van der Waals surface area contributed by atoms with Gasteiger partial charge >= 0.3 is 0 Å². The predicted molar refractivity (Wildman–Crippen MR) is 86.0 cm³/mol. The van der Waals surface area contributed by atoms with Gasteiger partial charge in [-0.1, -0.05) is 38.3 Å². The second-order valence-corrected chi connectivity index (χ2v) is 6.53. The molecule has 0 bridgehead atoms. The van der Waals surface area contributed by atoms with E-state index in [0.717, 1.165) is 36.9 Å². The van der Waals surface area contributed by atoms with Crippen LogP contribution in [0, 0.1) is 22.7 Å². The Labute approximate surface area is 128 Å². The fourth-order valence-corrected chi connectivity index (χ4v) is 3.46. The molecule has 114 valence electrons. The third-order valence-electron chi connectivity index (χ3n) is 4.94. The summed E-state index contributed by atoms with van der Waals surface area (Å²) in [5, 5.41) is 20.5. The first-order valence-corrected chi connectivity index (χ1v) is 7.89. The van der Waals surface area contributed by atoms with Gasteiger partial charge in [0.15, 0.2) is 0 Å². The van der Waals surface area contributed by atoms with Crippen LogP contribution in [0.25, 0.3) is 0 Å². The van der Waals surface area contributed by atoms with Crippen LogP contribution in [0.1, 0.15) is 50.7 Å². The summed E-state index contributed by atoms with van der Waals surface area (Å²) in [5.41, 5.74) is 1.35. The Kier molecular flexibility index (Phi) is 4.90. The Morgan fingerprint density at radius 3 is 2.57 bits per heavy atom. The minimum atomic E-state index is -0.687. The normalized spacial score (nSPS) is 26.9. The highest BCUT2D eigenvalue weighted by Crippen LogP contribution is 2.48. The van der Waals surface area contributed by atoms with Crippen molar-refractivity contribution in [1.29, 1.82) is 5.26 Å². The minimum absolute atomic E-state index is 0.564. The summed E-state index contributed by atoms with van der Waals surface area (Å²) in [6, 6.07) is 10.4. The Balaban J connectivity index is 2.23. The molecule has 3 atom stereocenters. The van der Waals surface area contributed by atoms with Gasteiger partial charge in [0.05, 0.1) is 17.6 Å². The van der Waals surface area contributed by atoms with Gasteiger partial charge in [0.25, 0.3) is 0 Å². The molecule has 0 radical (unpaired) electrons. The van der Waals surface area contributed by atoms with E-state index in [9.17, 15) is 10.4 Å². The fourth-order valence-electron chi connectivity index (χ4n) is 3.46. The van der Waals surface area contributed by atoms with Crippen LogP contribution in [0.2, 0.25) is 0 Å². The second-order valence-electron chi connectivity index (χ2n) is 6.53. The summed E-state index contributed by atoms with van der Waals surface area (Å²) in [7, 11) is 3.99. The van der Waals surface area contributed by atoms with E-state index in [2.05, 4.69) is 13.0 Å². The smallest absolute Gasteiger partial charge is 0.0976 e. The highest BCUT2D eigenvalue weighted by molar-refractivity contribution is 5.46. The van der Waals surface area contributed by atoms with Crippen molar-refractivity contribution in [3.63, 3.8) is 0 Å². The maximum atomic E-state index is 10.8. The van der Waals surface area contributed by atoms with E-state index in [1.165, 1.54) is 6.42 Å². The summed E-state index contributed by atoms with van der Waals surface area (Å²) in [6.45, 7) is 2.18. The van der Waals surface area contributed by atoms with Crippen LogP contribution in [0.15, 0.2) is 24.3 Å². The maximum absolute atomic E-state index is 10.8. The highest BCUT2D eigenvalue weighted by Gasteiger charge is 2.42. The average molecular weight is 286 g/mol. The molecule has 0 amide bonds. The molecular formula is C18H26N2O. The van der Waals surface area contributed by atoms with Gasteiger partial charge in [-0.05, 0) is 36.5 Å². The zero-order valence-electron chi connectivity index (χ0n) is 13.3. The molecule has 0 spiro atoms. The van der Waals surface area contributed by atoms with E-state index in [-0.39, 0.29) is 0 Å². The third kappa shape index (κ3) is 3.22. The lowest BCUT2D eigenvalue weighted by Gasteiger charge is -2.39. The molecule has 1 aromatic rings. The van der Waals surface area contributed by atoms with Gasteiger partial charge in [-0.15, -0.1) is 0 Å². The summed E-state index contributed by atoms with van der Waals surface area (Å²) >= 11 is 0. The van der Waals surface area contributed by atoms with Crippen molar-refractivity contribution in [3.05, 3.63) is 29.8 Å². The van der Waals surface area contributed by atoms with E-state index >= 15 is 0 Å². The highest BCUT2D eigenvalue weighted by atomic mass is 16.3. The topological polar surface area (TPSA) is 47.3 Å². The van der Waals surface area contributed by atoms with Crippen LogP contribution in [0.4, 0.5) is 5.69 Å². The molecule has 3 nitrogen and oxygen atoms in total. The van der Waals surface area contributed by atoms with E-state index in [1.54, 1.807) is 0 Å². The van der Waals surface area contributed by atoms with Gasteiger partial charge in [0.1, 0.15) is 0 Å². The van der Waals surface area contributed by atoms with Crippen LogP contribution in [0.5, 0.6) is 0 Å². The summed E-state index contributed by atoms with van der Waals surface area (Å²) in [6.07, 6.45) is 4.25. The first-order chi connectivity index (χ1) is 10.0. The molecule has 0 heterocycles. The van der Waals surface area contributed by atoms with Crippen molar-refractivity contribution < 1.29 is 5.11 Å². The number of hydrogen-bond donors (Lipinski definition) is 1. The second kappa shape index (κ2) is 6.49. The molecule has 21 heavy (non-hydrogen) atoms. The van der Waals surface area contributed by atoms with Crippen LogP contribution in [0.3, 0.4) is 0 Å². The zero-order valence-corrected chi connectivity index (χ0v) is 13.3. The molecule has 1 N–H and O–H groups in total. The van der Waals surface area contributed by atoms with Crippen LogP contribution in [-0.2, 0) is 0 Å². The maximum Gasteiger partial charge on any atom is 0.0976 e. The number of aliphatic hydroxyl groups is 1. The Morgan fingerprint density at radius 2 is 2.05 bits per heavy atom. The molecule has 1 aromatic carbocycles. The molecule has 0 saturated heterocycles. The summed E-state index contributed by atoms with van der Waals surface area (Å²) in [5.74, 6) is 0.564. The first kappa shape index (κ1) is 15.9. The predicted octanol–water partition coefficient (Wildman–Crippen LogP) is 3.90. The van der Waals surface area contributed by atoms with E-state index in [0.29, 0.717) is 5.92 Å². The molecule has 1 aliphatic rings. The van der Waals surface area contributed by atoms with Crippen molar-refractivity contribution in [1.82, 2.24) is 0 Å². The number of nitriles is 1. The van der Waals surface area contributed by atoms with Gasteiger partial charge < -0.3 is 10.0 Å². The molecule has 3 unspecified atom stereocenters. The van der Waals surface area contributed by atoms with Gasteiger partial charge in [-0.3, -0.25) is 0 Å². The molecule has 0 aromatic heterocycles. The van der Waals surface area contributed by atoms with Crippen LogP contribution >= 0.6 is 0 Å². The molecule has 0 aliphatic heterocycles. The molecule has 2 rings (SSSR count). The number of nitrogens with zero attached hydrogens (tertiary/aromatic N) is 2. The lowest BCUT2D eigenvalue weighted by atomic mass is 9.65. The van der Waals surface area contributed by atoms with Crippen molar-refractivity contribution in [2.75, 3.05) is 19.0 Å². The van der Waals surface area contributed by atoms with Gasteiger partial charge in [0.2, 0.25) is 0 Å². The first-order valence-electron chi connectivity index (χ1n) is 7.89. The molecule has 1 fully saturated rings. The lowest BCUT2D eigenvalue weighted by Crippen LogP contribution is -2.33. The Hall–Kier alpha value is -1.53. The SMILES string of the molecule is CCC1CCCC(C#N)(C(O)c2ccc(N(C)C)cc2)C1. The largest absolute Gasteiger partial charge is 0.387 e. The number of rotatable bonds is 4. The fraction of sp³-hybridized carbons (Fsp3) is 0.611. The molecule has 1 saturated carbocycles. The average Bonchev–Trinajstić information content (AvgIpc) is 2.54. The molecule has 1 aliphatic carbocycles. The minimum Gasteiger partial charge on any atom is -0.387 e. The monoisotopic (exact) mass is 286 g/mol. The van der Waals surface area contributed by atoms with Gasteiger partial charge in [-0.2, -0.15) is 5.26 Å². The number of aliphatic hydroxyl groups excluding tert-OH is 1. The standard InChI is InChI=1S/C18H26N2O/c1-4-14-6-5-11-18(12-14,13-19)17(21)15-7-9-16(10-8-15)20(2)3/h7-10,14,17,21H,4-6,11-12H2,1-3H3. The van der Waals surface area contributed by atoms with Crippen LogP contribution in [-0.4, -0.2) is 19.2 Å². The molecule has 3 heteroatoms. The zero-order chi connectivity index (χ0) is 15.5. The number of hydrogen-bond acceptors (Lipinski definition) is 3. The number of anilines is 1. The van der Waals surface area contributed by atoms with Crippen molar-refractivity contribution in [2.24, 2.45) is 11.3 Å². The van der Waals surface area contributed by atoms with Gasteiger partial charge in [0, 0.05) is 19.8 Å². The van der Waals surface area contributed by atoms with Crippen molar-refractivity contribution in [3.8, 4) is 6.07 Å². The van der Waals surface area contributed by atoms with Crippen molar-refractivity contribution in [2.45, 2.75) is 45.1 Å². The van der Waals surface area contributed by atoms with Gasteiger partial charge in [-0.25, -0.2) is 0 Å². The Bertz CT molecular complexity index is 503. The van der Waals surface area contributed by atoms with Crippen LogP contribution < -0.4 is 4.90 Å². The molecular weight excluding hydrogens is 260 g/mol. The number of benzene rings is 1. The lowest BCUT2D eigenvalue weighted by molar-refractivity contribution is 0.0185. The van der Waals surface area contributed by atoms with E-state index in [4.69, 9.17) is 0 Å². The summed E-state index contributed by atoms with van der Waals surface area (Å²) < 4.78 is 0. The van der Waals surface area contributed by atoms with E-state index in [1.807, 2.05) is 43.3 Å².